The van der Waals surface area contributed by atoms with Crippen LogP contribution >= 0.6 is 0 Å². The Hall–Kier alpha value is -5.36. The molecule has 0 saturated carbocycles. The number of carbonyl (C=O) groups is 1. The van der Waals surface area contributed by atoms with E-state index in [1.807, 2.05) is 37.3 Å². The lowest BCUT2D eigenvalue weighted by Gasteiger charge is -2.15. The van der Waals surface area contributed by atoms with Crippen molar-refractivity contribution in [2.24, 2.45) is 14.1 Å². The Morgan fingerprint density at radius 2 is 1.70 bits per heavy atom. The number of imidazole rings is 1. The zero-order chi connectivity index (χ0) is 30.5. The summed E-state index contributed by atoms with van der Waals surface area (Å²) < 4.78 is 37.9. The van der Waals surface area contributed by atoms with Gasteiger partial charge in [0.2, 0.25) is 0 Å². The molecule has 218 valence electrons. The monoisotopic (exact) mass is 597 g/mol. The van der Waals surface area contributed by atoms with Gasteiger partial charge in [-0.2, -0.15) is 0 Å². The molecule has 2 N–H and O–H groups in total. The van der Waals surface area contributed by atoms with Crippen LogP contribution in [0.25, 0.3) is 33.1 Å². The van der Waals surface area contributed by atoms with E-state index in [1.165, 1.54) is 22.9 Å². The van der Waals surface area contributed by atoms with Gasteiger partial charge in [-0.15, -0.1) is 0 Å². The van der Waals surface area contributed by atoms with E-state index < -0.39 is 21.7 Å². The highest BCUT2D eigenvalue weighted by Crippen LogP contribution is 2.41. The van der Waals surface area contributed by atoms with Crippen molar-refractivity contribution in [1.82, 2.24) is 23.4 Å². The summed E-state index contributed by atoms with van der Waals surface area (Å²) in [5, 5.41) is 11.9. The van der Waals surface area contributed by atoms with Gasteiger partial charge in [0.1, 0.15) is 22.6 Å². The summed E-state index contributed by atoms with van der Waals surface area (Å²) in [6, 6.07) is 20.8. The molecule has 0 aliphatic heterocycles. The van der Waals surface area contributed by atoms with Crippen molar-refractivity contribution in [1.29, 1.82) is 0 Å². The molecule has 3 aromatic carbocycles. The number of pyridine rings is 1. The maximum Gasteiger partial charge on any atom is 0.405 e. The summed E-state index contributed by atoms with van der Waals surface area (Å²) in [6.07, 6.45) is 1.85. The Morgan fingerprint density at radius 1 is 0.977 bits per heavy atom. The molecule has 43 heavy (non-hydrogen) atoms. The fourth-order valence-electron chi connectivity index (χ4n) is 5.09. The molecule has 11 nitrogen and oxygen atoms in total. The highest BCUT2D eigenvalue weighted by molar-refractivity contribution is 7.90. The van der Waals surface area contributed by atoms with Crippen LogP contribution in [-0.2, 0) is 30.7 Å². The van der Waals surface area contributed by atoms with Crippen molar-refractivity contribution in [2.45, 2.75) is 18.4 Å². The third kappa shape index (κ3) is 4.81. The molecule has 0 radical (unpaired) electrons. The van der Waals surface area contributed by atoms with Crippen LogP contribution in [0.4, 0.5) is 4.79 Å². The Balaban J connectivity index is 1.61. The second kappa shape index (κ2) is 10.5. The van der Waals surface area contributed by atoms with Crippen molar-refractivity contribution in [3.05, 3.63) is 107 Å². The topological polar surface area (TPSA) is 137 Å². The van der Waals surface area contributed by atoms with E-state index in [0.717, 1.165) is 9.54 Å². The molecule has 0 aliphatic carbocycles. The number of para-hydroxylation sites is 1. The summed E-state index contributed by atoms with van der Waals surface area (Å²) in [4.78, 5) is 29.4. The predicted octanol–water partition coefficient (Wildman–Crippen LogP) is 5.00. The summed E-state index contributed by atoms with van der Waals surface area (Å²) in [5.41, 5.74) is 2.71. The minimum absolute atomic E-state index is 0.00120. The Bertz CT molecular complexity index is 2200. The number of nitrogens with one attached hydrogen (secondary N) is 1. The minimum Gasteiger partial charge on any atom is -0.465 e. The van der Waals surface area contributed by atoms with Crippen molar-refractivity contribution in [3.63, 3.8) is 0 Å². The average molecular weight is 598 g/mol. The first kappa shape index (κ1) is 27.8. The first-order chi connectivity index (χ1) is 20.6. The molecule has 1 amide bonds. The molecule has 6 aromatic rings. The highest BCUT2D eigenvalue weighted by Gasteiger charge is 2.25. The van der Waals surface area contributed by atoms with E-state index in [-0.39, 0.29) is 17.0 Å². The highest BCUT2D eigenvalue weighted by atomic mass is 32.2. The third-order valence-electron chi connectivity index (χ3n) is 7.32. The number of rotatable bonds is 7. The Labute approximate surface area is 246 Å². The van der Waals surface area contributed by atoms with Crippen LogP contribution < -0.4 is 15.6 Å². The number of benzene rings is 3. The van der Waals surface area contributed by atoms with Crippen LogP contribution in [0, 0.1) is 6.92 Å². The molecule has 12 heteroatoms. The molecule has 0 atom stereocenters. The van der Waals surface area contributed by atoms with Gasteiger partial charge < -0.3 is 24.3 Å². The lowest BCUT2D eigenvalue weighted by molar-refractivity contribution is 0.193. The zero-order valence-corrected chi connectivity index (χ0v) is 24.3. The standard InChI is InChI=1S/C31H27N5O6S/c1-19-9-11-21(12-10-19)43(40,41)36-16-15-22-24(18-34(2)30(37)28(22)36)23-13-14-25-27(29(23)42-20-7-5-4-6-8-20)33-26(35(25)3)17-32-31(38)39/h4-16,18,32H,17H2,1-3H3,(H,38,39). The van der Waals surface area contributed by atoms with Crippen LogP contribution in [0.5, 0.6) is 11.5 Å². The van der Waals surface area contributed by atoms with Crippen molar-refractivity contribution in [2.75, 3.05) is 0 Å². The molecule has 0 unspecified atom stereocenters. The van der Waals surface area contributed by atoms with Crippen molar-refractivity contribution >= 4 is 38.1 Å². The van der Waals surface area contributed by atoms with Gasteiger partial charge in [-0.25, -0.2) is 22.2 Å². The summed E-state index contributed by atoms with van der Waals surface area (Å²) >= 11 is 0. The van der Waals surface area contributed by atoms with Crippen LogP contribution in [0.1, 0.15) is 11.4 Å². The summed E-state index contributed by atoms with van der Waals surface area (Å²) in [7, 11) is -0.743. The van der Waals surface area contributed by atoms with E-state index in [4.69, 9.17) is 14.8 Å². The molecule has 0 saturated heterocycles. The predicted molar refractivity (Wildman–Crippen MR) is 162 cm³/mol. The molecular formula is C31H27N5O6S. The molecule has 3 heterocycles. The van der Waals surface area contributed by atoms with E-state index >= 15 is 0 Å². The van der Waals surface area contributed by atoms with Gasteiger partial charge in [0.25, 0.3) is 15.6 Å². The zero-order valence-electron chi connectivity index (χ0n) is 23.5. The first-order valence-electron chi connectivity index (χ1n) is 13.3. The minimum atomic E-state index is -4.08. The first-order valence-corrected chi connectivity index (χ1v) is 14.7. The molecule has 0 fully saturated rings. The largest absolute Gasteiger partial charge is 0.465 e. The second-order valence-corrected chi connectivity index (χ2v) is 11.9. The lowest BCUT2D eigenvalue weighted by atomic mass is 10.0. The van der Waals surface area contributed by atoms with Gasteiger partial charge in [0.15, 0.2) is 5.75 Å². The maximum atomic E-state index is 13.7. The number of amides is 1. The van der Waals surface area contributed by atoms with E-state index in [2.05, 4.69) is 5.32 Å². The number of aromatic nitrogens is 4. The molecule has 0 bridgehead atoms. The number of nitrogens with zero attached hydrogens (tertiary/aromatic N) is 4. The van der Waals surface area contributed by atoms with Crippen LogP contribution in [-0.4, -0.2) is 37.7 Å². The van der Waals surface area contributed by atoms with Gasteiger partial charge >= 0.3 is 6.09 Å². The SMILES string of the molecule is Cc1ccc(S(=O)(=O)n2ccc3c(-c4ccc5c(nc(CNC(=O)O)n5C)c4Oc4ccccc4)cn(C)c(=O)c32)cc1. The number of ether oxygens (including phenoxy) is 1. The Morgan fingerprint density at radius 3 is 2.40 bits per heavy atom. The molecule has 3 aromatic heterocycles. The Kier molecular flexibility index (Phi) is 6.77. The molecule has 0 spiro atoms. The normalized spacial score (nSPS) is 11.7. The summed E-state index contributed by atoms with van der Waals surface area (Å²) in [6.45, 7) is 1.84. The second-order valence-electron chi connectivity index (χ2n) is 10.1. The van der Waals surface area contributed by atoms with Gasteiger partial charge in [-0.05, 0) is 49.4 Å². The fraction of sp³-hybridized carbons (Fsp3) is 0.129. The van der Waals surface area contributed by atoms with Crippen LogP contribution in [0.15, 0.2) is 94.9 Å². The molecular weight excluding hydrogens is 570 g/mol. The van der Waals surface area contributed by atoms with Crippen LogP contribution in [0.2, 0.25) is 0 Å². The summed E-state index contributed by atoms with van der Waals surface area (Å²) in [5.74, 6) is 1.37. The maximum absolute atomic E-state index is 13.7. The van der Waals surface area contributed by atoms with Crippen molar-refractivity contribution < 1.29 is 23.1 Å². The number of hydrogen-bond acceptors (Lipinski definition) is 6. The smallest absolute Gasteiger partial charge is 0.405 e. The number of carboxylic acid groups (broad SMARTS) is 1. The van der Waals surface area contributed by atoms with Crippen molar-refractivity contribution in [3.8, 4) is 22.6 Å². The fourth-order valence-corrected chi connectivity index (χ4v) is 6.43. The van der Waals surface area contributed by atoms with Gasteiger partial charge in [0, 0.05) is 43.0 Å². The van der Waals surface area contributed by atoms with Gasteiger partial charge in [0.05, 0.1) is 17.0 Å². The molecule has 6 rings (SSSR count). The van der Waals surface area contributed by atoms with Crippen LogP contribution in [0.3, 0.4) is 0 Å². The third-order valence-corrected chi connectivity index (χ3v) is 9.01. The van der Waals surface area contributed by atoms with Gasteiger partial charge in [-0.3, -0.25) is 4.79 Å². The molecule has 0 aliphatic rings. The van der Waals surface area contributed by atoms with Gasteiger partial charge in [-0.1, -0.05) is 35.9 Å². The number of hydrogen-bond donors (Lipinski definition) is 2. The number of fused-ring (bicyclic) bond motifs is 2. The quantitative estimate of drug-likeness (QED) is 0.264. The number of aryl methyl sites for hydroxylation is 3. The van der Waals surface area contributed by atoms with E-state index in [9.17, 15) is 18.0 Å². The van der Waals surface area contributed by atoms with E-state index in [0.29, 0.717) is 44.9 Å². The average Bonchev–Trinajstić information content (AvgIpc) is 3.58. The van der Waals surface area contributed by atoms with E-state index in [1.54, 1.807) is 55.2 Å². The lowest BCUT2D eigenvalue weighted by Crippen LogP contribution is -2.22.